The molecule has 2 aromatic carbocycles. The molecule has 0 saturated carbocycles. The van der Waals surface area contributed by atoms with Crippen molar-refractivity contribution in [3.63, 3.8) is 0 Å². The van der Waals surface area contributed by atoms with Crippen molar-refractivity contribution in [2.24, 2.45) is 0 Å². The Labute approximate surface area is 171 Å². The Bertz CT molecular complexity index is 1050. The molecule has 0 radical (unpaired) electrons. The second-order valence-electron chi connectivity index (χ2n) is 6.74. The maximum atomic E-state index is 12.4. The highest BCUT2D eigenvalue weighted by Gasteiger charge is 2.30. The number of nitrogens with one attached hydrogen (secondary N) is 1. The summed E-state index contributed by atoms with van der Waals surface area (Å²) >= 11 is 1.35. The number of nitrogens with zero attached hydrogens (tertiary/aromatic N) is 2. The lowest BCUT2D eigenvalue weighted by Gasteiger charge is -2.23. The number of hydrogen-bond acceptors (Lipinski definition) is 7. The zero-order valence-corrected chi connectivity index (χ0v) is 16.7. The molecule has 148 valence electrons. The minimum absolute atomic E-state index is 0.0475. The molecular weight excluding hydrogens is 390 g/mol. The Morgan fingerprint density at radius 1 is 1.21 bits per heavy atom. The highest BCUT2D eigenvalue weighted by atomic mass is 32.2. The van der Waals surface area contributed by atoms with Crippen LogP contribution in [0.2, 0.25) is 0 Å². The predicted molar refractivity (Wildman–Crippen MR) is 108 cm³/mol. The fraction of sp³-hybridized carbons (Fsp3) is 0.238. The van der Waals surface area contributed by atoms with Gasteiger partial charge in [-0.25, -0.2) is 0 Å². The van der Waals surface area contributed by atoms with E-state index in [2.05, 4.69) is 15.5 Å². The van der Waals surface area contributed by atoms with Crippen LogP contribution in [0.4, 0.5) is 5.69 Å². The van der Waals surface area contributed by atoms with Crippen LogP contribution in [0.25, 0.3) is 11.5 Å². The van der Waals surface area contributed by atoms with E-state index in [1.54, 1.807) is 6.92 Å². The number of aryl methyl sites for hydroxylation is 1. The van der Waals surface area contributed by atoms with Gasteiger partial charge in [-0.2, -0.15) is 0 Å². The molecule has 29 heavy (non-hydrogen) atoms. The molecule has 4 rings (SSSR count). The summed E-state index contributed by atoms with van der Waals surface area (Å²) in [5, 5.41) is 10.3. The number of esters is 1. The Morgan fingerprint density at radius 3 is 2.76 bits per heavy atom. The molecular formula is C21H19N3O4S. The number of rotatable bonds is 5. The third-order valence-electron chi connectivity index (χ3n) is 4.45. The highest BCUT2D eigenvalue weighted by Crippen LogP contribution is 2.37. The summed E-state index contributed by atoms with van der Waals surface area (Å²) in [7, 11) is 0. The van der Waals surface area contributed by atoms with E-state index in [1.807, 2.05) is 55.5 Å². The molecule has 2 atom stereocenters. The maximum Gasteiger partial charge on any atom is 0.308 e. The summed E-state index contributed by atoms with van der Waals surface area (Å²) in [6.07, 6.45) is -0.758. The lowest BCUT2D eigenvalue weighted by Crippen LogP contribution is -2.31. The van der Waals surface area contributed by atoms with Gasteiger partial charge in [-0.15, -0.1) is 22.0 Å². The van der Waals surface area contributed by atoms with Gasteiger partial charge >= 0.3 is 5.97 Å². The zero-order chi connectivity index (χ0) is 20.4. The summed E-state index contributed by atoms with van der Waals surface area (Å²) in [4.78, 5) is 25.5. The van der Waals surface area contributed by atoms with Crippen LogP contribution in [0.15, 0.2) is 57.8 Å². The van der Waals surface area contributed by atoms with E-state index < -0.39 is 17.3 Å². The number of benzene rings is 2. The monoisotopic (exact) mass is 409 g/mol. The normalized spacial score (nSPS) is 16.6. The van der Waals surface area contributed by atoms with E-state index in [0.29, 0.717) is 5.89 Å². The molecule has 1 aromatic heterocycles. The van der Waals surface area contributed by atoms with Crippen molar-refractivity contribution in [1.82, 2.24) is 10.2 Å². The molecule has 7 nitrogen and oxygen atoms in total. The number of amides is 1. The van der Waals surface area contributed by atoms with Crippen LogP contribution < -0.4 is 5.32 Å². The Hall–Kier alpha value is -3.13. The van der Waals surface area contributed by atoms with E-state index in [-0.39, 0.29) is 18.2 Å². The maximum absolute atomic E-state index is 12.4. The number of anilines is 1. The summed E-state index contributed by atoms with van der Waals surface area (Å²) in [5.74, 6) is -0.140. The van der Waals surface area contributed by atoms with Gasteiger partial charge in [0, 0.05) is 10.5 Å². The lowest BCUT2D eigenvalue weighted by atomic mass is 10.1. The third-order valence-corrected chi connectivity index (χ3v) is 5.73. The molecule has 8 heteroatoms. The largest absolute Gasteiger partial charge is 0.453 e. The number of ether oxygens (including phenoxy) is 1. The number of hydrogen-bond donors (Lipinski definition) is 1. The summed E-state index contributed by atoms with van der Waals surface area (Å²) in [5.41, 5.74) is 2.68. The number of carbonyl (C=O) groups is 2. The molecule has 1 aliphatic rings. The molecule has 0 fully saturated rings. The van der Waals surface area contributed by atoms with E-state index >= 15 is 0 Å². The molecule has 1 amide bonds. The smallest absolute Gasteiger partial charge is 0.308 e. The predicted octanol–water partition coefficient (Wildman–Crippen LogP) is 4.15. The number of carbonyl (C=O) groups excluding carboxylic acids is 2. The first-order valence-electron chi connectivity index (χ1n) is 9.16. The van der Waals surface area contributed by atoms with Crippen molar-refractivity contribution >= 4 is 29.3 Å². The second-order valence-corrected chi connectivity index (χ2v) is 7.98. The summed E-state index contributed by atoms with van der Waals surface area (Å²) in [6, 6.07) is 15.2. The highest BCUT2D eigenvalue weighted by molar-refractivity contribution is 8.01. The fourth-order valence-corrected chi connectivity index (χ4v) is 3.98. The molecule has 1 N–H and O–H groups in total. The van der Waals surface area contributed by atoms with Gasteiger partial charge in [0.2, 0.25) is 11.8 Å². The molecule has 0 spiro atoms. The molecule has 2 heterocycles. The average Bonchev–Trinajstić information content (AvgIpc) is 3.19. The van der Waals surface area contributed by atoms with Crippen LogP contribution in [0.3, 0.4) is 0 Å². The minimum Gasteiger partial charge on any atom is -0.453 e. The van der Waals surface area contributed by atoms with Crippen molar-refractivity contribution in [2.75, 3.05) is 5.32 Å². The minimum atomic E-state index is -0.710. The molecule has 0 unspecified atom stereocenters. The van der Waals surface area contributed by atoms with Crippen LogP contribution in [0.1, 0.15) is 30.9 Å². The standard InChI is InChI=1S/C21H19N3O4S/c1-12-7-9-14(10-8-12)21-24-23-20(28-21)13(2)27-18(25)11-17-19(26)22-15-5-3-4-6-16(15)29-17/h3-10,13,17H,11H2,1-2H3,(H,22,26)/t13-,17-/m0/s1. The van der Waals surface area contributed by atoms with Crippen molar-refractivity contribution < 1.29 is 18.7 Å². The number of para-hydroxylation sites is 1. The van der Waals surface area contributed by atoms with Gasteiger partial charge in [0.1, 0.15) is 0 Å². The third kappa shape index (κ3) is 4.32. The Balaban J connectivity index is 1.38. The molecule has 0 bridgehead atoms. The summed E-state index contributed by atoms with van der Waals surface area (Å²) < 4.78 is 11.1. The van der Waals surface area contributed by atoms with Crippen LogP contribution in [-0.2, 0) is 14.3 Å². The Kier molecular flexibility index (Phi) is 5.35. The van der Waals surface area contributed by atoms with Crippen LogP contribution in [-0.4, -0.2) is 27.3 Å². The quantitative estimate of drug-likeness (QED) is 0.633. The molecule has 0 saturated heterocycles. The van der Waals surface area contributed by atoms with Gasteiger partial charge in [-0.1, -0.05) is 29.8 Å². The zero-order valence-electron chi connectivity index (χ0n) is 15.9. The topological polar surface area (TPSA) is 94.3 Å². The van der Waals surface area contributed by atoms with Gasteiger partial charge in [0.15, 0.2) is 6.10 Å². The summed E-state index contributed by atoms with van der Waals surface area (Å²) in [6.45, 7) is 3.65. The lowest BCUT2D eigenvalue weighted by molar-refractivity contribution is -0.150. The SMILES string of the molecule is Cc1ccc(-c2nnc([C@H](C)OC(=O)C[C@@H]3Sc4ccccc4NC3=O)o2)cc1. The van der Waals surface area contributed by atoms with E-state index in [4.69, 9.17) is 9.15 Å². The molecule has 0 aliphatic carbocycles. The van der Waals surface area contributed by atoms with Crippen LogP contribution in [0.5, 0.6) is 0 Å². The molecule has 1 aliphatic heterocycles. The number of thioether (sulfide) groups is 1. The van der Waals surface area contributed by atoms with E-state index in [9.17, 15) is 9.59 Å². The van der Waals surface area contributed by atoms with E-state index in [0.717, 1.165) is 21.7 Å². The van der Waals surface area contributed by atoms with Crippen LogP contribution in [0, 0.1) is 6.92 Å². The molecule has 3 aromatic rings. The van der Waals surface area contributed by atoms with Gasteiger partial charge in [0.05, 0.1) is 17.4 Å². The van der Waals surface area contributed by atoms with Crippen molar-refractivity contribution in [2.45, 2.75) is 36.5 Å². The second kappa shape index (κ2) is 8.08. The Morgan fingerprint density at radius 2 is 1.97 bits per heavy atom. The average molecular weight is 409 g/mol. The van der Waals surface area contributed by atoms with Crippen LogP contribution >= 0.6 is 11.8 Å². The van der Waals surface area contributed by atoms with Gasteiger partial charge in [-0.05, 0) is 38.1 Å². The van der Waals surface area contributed by atoms with Gasteiger partial charge in [-0.3, -0.25) is 9.59 Å². The van der Waals surface area contributed by atoms with Gasteiger partial charge < -0.3 is 14.5 Å². The number of aromatic nitrogens is 2. The van der Waals surface area contributed by atoms with Crippen molar-refractivity contribution in [3.05, 3.63) is 60.0 Å². The van der Waals surface area contributed by atoms with Crippen molar-refractivity contribution in [3.8, 4) is 11.5 Å². The first-order valence-corrected chi connectivity index (χ1v) is 10.0. The van der Waals surface area contributed by atoms with E-state index in [1.165, 1.54) is 11.8 Å². The van der Waals surface area contributed by atoms with Crippen molar-refractivity contribution in [1.29, 1.82) is 0 Å². The number of fused-ring (bicyclic) bond motifs is 1. The first kappa shape index (κ1) is 19.2. The first-order chi connectivity index (χ1) is 14.0. The van der Waals surface area contributed by atoms with Gasteiger partial charge in [0.25, 0.3) is 5.89 Å². The fourth-order valence-electron chi connectivity index (χ4n) is 2.89.